The molecule has 5 heteroatoms. The van der Waals surface area contributed by atoms with E-state index in [1.165, 1.54) is 0 Å². The number of carbonyl (C=O) groups excluding carboxylic acids is 1. The number of rotatable bonds is 4. The van der Waals surface area contributed by atoms with Gasteiger partial charge < -0.3 is 4.90 Å². The Hall–Kier alpha value is -1.88. The van der Waals surface area contributed by atoms with Crippen LogP contribution in [0.2, 0.25) is 0 Å². The fourth-order valence-electron chi connectivity index (χ4n) is 3.35. The lowest BCUT2D eigenvalue weighted by molar-refractivity contribution is -0.129. The summed E-state index contributed by atoms with van der Waals surface area (Å²) in [6, 6.07) is 14.2. The van der Waals surface area contributed by atoms with Gasteiger partial charge in [0.15, 0.2) is 9.84 Å². The molecule has 0 bridgehead atoms. The quantitative estimate of drug-likeness (QED) is 0.854. The molecule has 1 saturated heterocycles. The molecule has 0 aromatic heterocycles. The summed E-state index contributed by atoms with van der Waals surface area (Å²) in [6.07, 6.45) is 1.78. The zero-order valence-electron chi connectivity index (χ0n) is 14.1. The number of fused-ring (bicyclic) bond motifs is 1. The zero-order valence-corrected chi connectivity index (χ0v) is 14.9. The first-order chi connectivity index (χ1) is 11.4. The van der Waals surface area contributed by atoms with E-state index in [1.54, 1.807) is 18.7 Å². The Kier molecular flexibility index (Phi) is 4.63. The van der Waals surface area contributed by atoms with Crippen molar-refractivity contribution in [2.24, 2.45) is 0 Å². The predicted molar refractivity (Wildman–Crippen MR) is 96.6 cm³/mol. The Morgan fingerprint density at radius 1 is 1.17 bits per heavy atom. The van der Waals surface area contributed by atoms with Gasteiger partial charge in [-0.15, -0.1) is 0 Å². The monoisotopic (exact) mass is 345 g/mol. The van der Waals surface area contributed by atoms with Crippen LogP contribution < -0.4 is 0 Å². The van der Waals surface area contributed by atoms with Gasteiger partial charge in [0.25, 0.3) is 0 Å². The summed E-state index contributed by atoms with van der Waals surface area (Å²) < 4.78 is 24.2. The molecule has 1 fully saturated rings. The summed E-state index contributed by atoms with van der Waals surface area (Å²) >= 11 is 0. The third-order valence-corrected chi connectivity index (χ3v) is 6.88. The largest absolute Gasteiger partial charge is 0.335 e. The second kappa shape index (κ2) is 6.55. The molecule has 0 aliphatic carbocycles. The lowest BCUT2D eigenvalue weighted by Crippen LogP contribution is -2.37. The highest BCUT2D eigenvalue weighted by molar-refractivity contribution is 7.92. The van der Waals surface area contributed by atoms with Gasteiger partial charge in [-0.2, -0.15) is 0 Å². The summed E-state index contributed by atoms with van der Waals surface area (Å²) in [4.78, 5) is 14.4. The first-order valence-corrected chi connectivity index (χ1v) is 10.1. The fraction of sp³-hybridized carbons (Fsp3) is 0.421. The van der Waals surface area contributed by atoms with Crippen molar-refractivity contribution in [1.29, 1.82) is 0 Å². The molecule has 1 atom stereocenters. The van der Waals surface area contributed by atoms with E-state index >= 15 is 0 Å². The number of hydrogen-bond acceptors (Lipinski definition) is 3. The molecule has 3 rings (SSSR count). The van der Waals surface area contributed by atoms with Crippen molar-refractivity contribution < 1.29 is 13.2 Å². The zero-order chi connectivity index (χ0) is 17.3. The maximum atomic E-state index is 12.6. The van der Waals surface area contributed by atoms with E-state index < -0.39 is 20.8 Å². The van der Waals surface area contributed by atoms with Gasteiger partial charge in [-0.1, -0.05) is 42.5 Å². The van der Waals surface area contributed by atoms with E-state index in [0.29, 0.717) is 6.54 Å². The van der Waals surface area contributed by atoms with Crippen LogP contribution in [0.1, 0.15) is 38.3 Å². The van der Waals surface area contributed by atoms with Gasteiger partial charge in [-0.3, -0.25) is 4.79 Å². The molecular formula is C19H23NO3S. The molecule has 0 saturated carbocycles. The summed E-state index contributed by atoms with van der Waals surface area (Å²) in [5.41, 5.74) is 1.11. The average molecular weight is 345 g/mol. The Bertz CT molecular complexity index is 853. The van der Waals surface area contributed by atoms with Crippen molar-refractivity contribution in [1.82, 2.24) is 4.90 Å². The maximum absolute atomic E-state index is 12.6. The van der Waals surface area contributed by atoms with Crippen LogP contribution in [0.3, 0.4) is 0 Å². The fourth-order valence-corrected chi connectivity index (χ4v) is 4.19. The van der Waals surface area contributed by atoms with Crippen molar-refractivity contribution in [3.05, 3.63) is 48.0 Å². The minimum atomic E-state index is -3.37. The van der Waals surface area contributed by atoms with Gasteiger partial charge in [-0.25, -0.2) is 8.42 Å². The molecule has 0 N–H and O–H groups in total. The Morgan fingerprint density at radius 2 is 1.88 bits per heavy atom. The highest BCUT2D eigenvalue weighted by Crippen LogP contribution is 2.36. The molecule has 2 aromatic rings. The van der Waals surface area contributed by atoms with Crippen LogP contribution in [-0.4, -0.2) is 36.8 Å². The molecule has 4 nitrogen and oxygen atoms in total. The van der Waals surface area contributed by atoms with Crippen LogP contribution in [-0.2, 0) is 14.6 Å². The van der Waals surface area contributed by atoms with Crippen LogP contribution in [0.5, 0.6) is 0 Å². The lowest BCUT2D eigenvalue weighted by Gasteiger charge is -2.26. The van der Waals surface area contributed by atoms with Gasteiger partial charge in [-0.05, 0) is 43.0 Å². The van der Waals surface area contributed by atoms with Gasteiger partial charge >= 0.3 is 0 Å². The first kappa shape index (κ1) is 17.0. The van der Waals surface area contributed by atoms with E-state index in [2.05, 4.69) is 24.3 Å². The summed E-state index contributed by atoms with van der Waals surface area (Å²) in [5.74, 6) is -0.675. The van der Waals surface area contributed by atoms with Gasteiger partial charge in [0.2, 0.25) is 5.91 Å². The molecule has 0 radical (unpaired) electrons. The average Bonchev–Trinajstić information content (AvgIpc) is 3.03. The van der Waals surface area contributed by atoms with E-state index in [-0.39, 0.29) is 11.9 Å². The van der Waals surface area contributed by atoms with Crippen LogP contribution in [0.15, 0.2) is 42.5 Å². The molecule has 1 unspecified atom stereocenters. The summed E-state index contributed by atoms with van der Waals surface area (Å²) in [7, 11) is -3.37. The second-order valence-corrected chi connectivity index (χ2v) is 9.23. The molecule has 128 valence electrons. The number of hydrogen-bond donors (Lipinski definition) is 0. The Balaban J connectivity index is 1.92. The van der Waals surface area contributed by atoms with E-state index in [4.69, 9.17) is 0 Å². The minimum absolute atomic E-state index is 0.0361. The van der Waals surface area contributed by atoms with E-state index in [1.807, 2.05) is 18.2 Å². The standard InChI is InChI=1S/C19H23NO3S/c1-14(2)24(22,23)13-19(21)20-12-6-11-18(20)17-10-5-8-15-7-3-4-9-16(15)17/h3-5,7-10,14,18H,6,11-13H2,1-2H3. The molecular weight excluding hydrogens is 322 g/mol. The number of benzene rings is 2. The third kappa shape index (κ3) is 3.18. The van der Waals surface area contributed by atoms with Crippen LogP contribution >= 0.6 is 0 Å². The van der Waals surface area contributed by atoms with Crippen molar-refractivity contribution in [3.63, 3.8) is 0 Å². The molecule has 2 aromatic carbocycles. The molecule has 1 heterocycles. The third-order valence-electron chi connectivity index (χ3n) is 4.80. The van der Waals surface area contributed by atoms with Crippen LogP contribution in [0, 0.1) is 0 Å². The number of carbonyl (C=O) groups is 1. The number of nitrogens with zero attached hydrogens (tertiary/aromatic N) is 1. The van der Waals surface area contributed by atoms with Crippen molar-refractivity contribution in [2.75, 3.05) is 12.3 Å². The van der Waals surface area contributed by atoms with Gasteiger partial charge in [0, 0.05) is 6.54 Å². The van der Waals surface area contributed by atoms with Crippen LogP contribution in [0.4, 0.5) is 0 Å². The van der Waals surface area contributed by atoms with Crippen molar-refractivity contribution in [3.8, 4) is 0 Å². The minimum Gasteiger partial charge on any atom is -0.335 e. The second-order valence-electron chi connectivity index (χ2n) is 6.67. The molecule has 1 aliphatic heterocycles. The van der Waals surface area contributed by atoms with Crippen molar-refractivity contribution >= 4 is 26.5 Å². The molecule has 0 spiro atoms. The highest BCUT2D eigenvalue weighted by Gasteiger charge is 2.33. The molecule has 1 aliphatic rings. The van der Waals surface area contributed by atoms with Gasteiger partial charge in [0.05, 0.1) is 11.3 Å². The highest BCUT2D eigenvalue weighted by atomic mass is 32.2. The molecule has 24 heavy (non-hydrogen) atoms. The lowest BCUT2D eigenvalue weighted by atomic mass is 9.97. The summed E-state index contributed by atoms with van der Waals surface area (Å²) in [5, 5.41) is 1.75. The van der Waals surface area contributed by atoms with E-state index in [0.717, 1.165) is 29.2 Å². The molecule has 1 amide bonds. The SMILES string of the molecule is CC(C)S(=O)(=O)CC(=O)N1CCCC1c1cccc2ccccc12. The normalized spacial score (nSPS) is 18.5. The number of likely N-dealkylation sites (tertiary alicyclic amines) is 1. The van der Waals surface area contributed by atoms with Crippen LogP contribution in [0.25, 0.3) is 10.8 Å². The number of sulfone groups is 1. The smallest absolute Gasteiger partial charge is 0.238 e. The predicted octanol–water partition coefficient (Wildman–Crippen LogP) is 3.33. The Labute approximate surface area is 143 Å². The topological polar surface area (TPSA) is 54.5 Å². The summed E-state index contributed by atoms with van der Waals surface area (Å²) in [6.45, 7) is 3.86. The first-order valence-electron chi connectivity index (χ1n) is 8.39. The van der Waals surface area contributed by atoms with Gasteiger partial charge in [0.1, 0.15) is 5.75 Å². The maximum Gasteiger partial charge on any atom is 0.238 e. The van der Waals surface area contributed by atoms with Crippen molar-refractivity contribution in [2.45, 2.75) is 38.0 Å². The number of amides is 1. The Morgan fingerprint density at radius 3 is 2.62 bits per heavy atom. The van der Waals surface area contributed by atoms with E-state index in [9.17, 15) is 13.2 Å².